The van der Waals surface area contributed by atoms with Gasteiger partial charge in [0.25, 0.3) is 0 Å². The molecule has 5 aliphatic carbocycles. The Bertz CT molecular complexity index is 4450. The van der Waals surface area contributed by atoms with Crippen molar-refractivity contribution in [2.45, 2.75) is 461 Å². The van der Waals surface area contributed by atoms with Crippen LogP contribution >= 0.6 is 0 Å². The molecule has 4 saturated carbocycles. The second kappa shape index (κ2) is 48.0. The van der Waals surface area contributed by atoms with E-state index in [2.05, 4.69) is 13.0 Å². The Hall–Kier alpha value is -4.39. The highest BCUT2D eigenvalue weighted by molar-refractivity contribution is 5.80. The molecule has 0 unspecified atom stereocenters. The smallest absolute Gasteiger partial charge is 0.335 e. The van der Waals surface area contributed by atoms with Crippen molar-refractivity contribution < 1.29 is 251 Å². The van der Waals surface area contributed by atoms with E-state index in [1.54, 1.807) is 27.7 Å². The van der Waals surface area contributed by atoms with Crippen molar-refractivity contribution in [3.63, 3.8) is 0 Å². The number of hydrogen-bond acceptors (Lipinski definition) is 50. The first-order chi connectivity index (χ1) is 70.0. The van der Waals surface area contributed by atoms with Crippen LogP contribution in [0, 0.1) is 62.1 Å². The van der Waals surface area contributed by atoms with Gasteiger partial charge in [0, 0.05) is 12.8 Å². The number of carboxylic acids is 1. The summed E-state index contributed by atoms with van der Waals surface area (Å²) in [5, 5.41) is 291. The minimum Gasteiger partial charge on any atom is -0.479 e. The summed E-state index contributed by atoms with van der Waals surface area (Å²) >= 11 is 0. The van der Waals surface area contributed by atoms with Gasteiger partial charge < -0.3 is 232 Å². The molecule has 9 aliphatic heterocycles. The third-order valence-corrected chi connectivity index (χ3v) is 35.4. The molecule has 0 bridgehead atoms. The fourth-order valence-electron chi connectivity index (χ4n) is 25.6. The van der Waals surface area contributed by atoms with E-state index in [1.807, 2.05) is 34.6 Å². The molecule has 0 amide bonds. The maximum Gasteiger partial charge on any atom is 0.335 e. The number of aliphatic hydroxyl groups excluding tert-OH is 24. The molecule has 9 saturated heterocycles. The monoisotopic (exact) mass is 2150 g/mol. The number of fused-ring (bicyclic) bond motifs is 7. The number of carbonyl (C=O) groups is 5. The highest BCUT2D eigenvalue weighted by Crippen LogP contribution is 2.76. The van der Waals surface area contributed by atoms with Crippen molar-refractivity contribution in [1.82, 2.24) is 0 Å². The number of carbonyl (C=O) groups excluding carboxylic acids is 4. The van der Waals surface area contributed by atoms with Crippen molar-refractivity contribution in [1.29, 1.82) is 0 Å². The zero-order valence-corrected chi connectivity index (χ0v) is 85.4. The lowest BCUT2D eigenvalue weighted by atomic mass is 9.33. The zero-order valence-electron chi connectivity index (χ0n) is 85.4. The predicted molar refractivity (Wildman–Crippen MR) is 491 cm³/mol. The summed E-state index contributed by atoms with van der Waals surface area (Å²) < 4.78 is 122. The van der Waals surface area contributed by atoms with Gasteiger partial charge in [0.15, 0.2) is 68.6 Å². The topological polar surface area (TPSA) is 796 Å². The Balaban J connectivity index is 0.763. The van der Waals surface area contributed by atoms with Gasteiger partial charge in [-0.25, -0.2) is 4.79 Å². The molecule has 56 atom stereocenters. The van der Waals surface area contributed by atoms with Crippen molar-refractivity contribution in [2.24, 2.45) is 62.1 Å². The predicted octanol–water partition coefficient (Wildman–Crippen LogP) is -7.86. The molecular weight excluding hydrogens is 1990 g/mol. The summed E-state index contributed by atoms with van der Waals surface area (Å²) in [6.07, 6.45) is -81.0. The molecule has 856 valence electrons. The first kappa shape index (κ1) is 120. The lowest BCUT2D eigenvalue weighted by Gasteiger charge is -2.71. The van der Waals surface area contributed by atoms with Crippen LogP contribution in [0.5, 0.6) is 0 Å². The molecule has 13 fully saturated rings. The van der Waals surface area contributed by atoms with Gasteiger partial charge in [-0.2, -0.15) is 0 Å². The fraction of sp³-hybridized carbons (Fsp3) is 0.929. The van der Waals surface area contributed by atoms with Gasteiger partial charge in [0.1, 0.15) is 176 Å². The fourth-order valence-corrected chi connectivity index (χ4v) is 25.6. The number of aliphatic hydroxyl groups is 25. The molecule has 51 heteroatoms. The van der Waals surface area contributed by atoms with Crippen LogP contribution in [-0.2, 0) is 119 Å². The molecule has 26 N–H and O–H groups in total. The van der Waals surface area contributed by atoms with Crippen molar-refractivity contribution in [3.05, 3.63) is 11.6 Å². The number of aldehydes is 1. The molecule has 9 heterocycles. The number of ether oxygens (including phenoxy) is 20. The number of hydrogen-bond donors (Lipinski definition) is 26. The molecular formula is C98H158O51. The second-order valence-corrected chi connectivity index (χ2v) is 45.4. The molecule has 0 spiro atoms. The van der Waals surface area contributed by atoms with Crippen molar-refractivity contribution in [3.8, 4) is 0 Å². The number of rotatable bonds is 38. The van der Waals surface area contributed by atoms with Crippen molar-refractivity contribution >= 4 is 30.2 Å². The third kappa shape index (κ3) is 23.4. The zero-order chi connectivity index (χ0) is 109. The highest BCUT2D eigenvalue weighted by Gasteiger charge is 2.74. The van der Waals surface area contributed by atoms with E-state index in [0.29, 0.717) is 25.7 Å². The summed E-state index contributed by atoms with van der Waals surface area (Å²) in [7, 11) is 0. The molecule has 0 aromatic rings. The van der Waals surface area contributed by atoms with Crippen molar-refractivity contribution in [2.75, 3.05) is 46.2 Å². The molecule has 14 rings (SSSR count). The van der Waals surface area contributed by atoms with Crippen LogP contribution in [0.1, 0.15) is 179 Å². The van der Waals surface area contributed by atoms with Crippen LogP contribution < -0.4 is 0 Å². The van der Waals surface area contributed by atoms with E-state index in [9.17, 15) is 147 Å². The van der Waals surface area contributed by atoms with Crippen LogP contribution in [0.2, 0.25) is 0 Å². The summed E-state index contributed by atoms with van der Waals surface area (Å²) in [6.45, 7) is 15.9. The lowest BCUT2D eigenvalue weighted by Crippen LogP contribution is -2.69. The van der Waals surface area contributed by atoms with Crippen LogP contribution in [0.15, 0.2) is 11.6 Å². The summed E-state index contributed by atoms with van der Waals surface area (Å²) in [6, 6.07) is 0. The standard InChI is InChI=1S/C98H158O51/c1-13-37(3)47(135-56(109)25-42(105)24-48(38(4)14-2)136-84-66(119)62(115)51(31-101)137-84)23-41(104)26-57(110)141-74-58(111)39(5)133-88(78(74)148-87-71(124)76(145-85-67(120)63(116)60(113)49(29-99)138-85)72(40(6)134-87)142-83-70(123)73(46(107)33-131-83)143-90-80(125)97(129,35-103)36-132-90)149-91(128)98-22-21-92(7,8)27-44(98)43-15-16-53-93(9)19-18-55(94(10,34-102)52(93)17-20-95(53,11)96(43,12)28-54(98)108)140-89-79(147-86-68(121)64(117)61(114)50(30-100)139-86)75(69(122)77(146-89)81(126)127)144-82-65(118)59(112)45(106)32-130-82/h15,34,37-42,44-55,58-80,82-90,99-101,103-108,111-125,129H,13-14,16-33,35-36H2,1-12H3,(H,126,127)/t37-,38+,39-,40+,41+,42+,44+,45-,46-,47-,48+,49-,50-,51+,52-,53-,54-,55+,58+,59+,60-,61+,62+,63+,64+,65-,66-,67-,68-,69+,70-,71-,72+,73+,74+,75+,76+,77+,78-,79-,80+,82+,83+,84-,85+,86+,87+,88+,89-,90+,93+,94+,95-,96-,97-,98-/m1/s1. The van der Waals surface area contributed by atoms with Crippen LogP contribution in [0.3, 0.4) is 0 Å². The van der Waals surface area contributed by atoms with E-state index in [4.69, 9.17) is 94.7 Å². The molecule has 0 aromatic carbocycles. The van der Waals surface area contributed by atoms with E-state index >= 15 is 9.59 Å². The number of carboxylic acid groups (broad SMARTS) is 1. The average molecular weight is 2150 g/mol. The summed E-state index contributed by atoms with van der Waals surface area (Å²) in [5.41, 5.74) is -8.27. The van der Waals surface area contributed by atoms with Gasteiger partial charge in [-0.05, 0) is 123 Å². The Morgan fingerprint density at radius 1 is 0.470 bits per heavy atom. The molecule has 0 radical (unpaired) electrons. The Kier molecular flexibility index (Phi) is 38.7. The number of allylic oxidation sites excluding steroid dienone is 2. The third-order valence-electron chi connectivity index (χ3n) is 35.4. The Morgan fingerprint density at radius 3 is 1.56 bits per heavy atom. The van der Waals surface area contributed by atoms with Crippen LogP contribution in [0.4, 0.5) is 0 Å². The van der Waals surface area contributed by atoms with Crippen LogP contribution in [0.25, 0.3) is 0 Å². The summed E-state index contributed by atoms with van der Waals surface area (Å²) in [5.74, 6) is -7.88. The maximum absolute atomic E-state index is 16.8. The van der Waals surface area contributed by atoms with E-state index in [1.165, 1.54) is 13.8 Å². The lowest BCUT2D eigenvalue weighted by molar-refractivity contribution is -0.396. The van der Waals surface area contributed by atoms with Crippen LogP contribution in [-0.4, -0.2) is 491 Å². The first-order valence-corrected chi connectivity index (χ1v) is 51.8. The van der Waals surface area contributed by atoms with Gasteiger partial charge in [0.2, 0.25) is 6.29 Å². The number of aliphatic carboxylic acids is 1. The Morgan fingerprint density at radius 2 is 0.973 bits per heavy atom. The highest BCUT2D eigenvalue weighted by atomic mass is 16.8. The number of esters is 3. The van der Waals surface area contributed by atoms with Gasteiger partial charge >= 0.3 is 23.9 Å². The Labute approximate surface area is 859 Å². The quantitative estimate of drug-likeness (QED) is 0.00897. The molecule has 51 nitrogen and oxygen atoms in total. The molecule has 0 aromatic heterocycles. The minimum atomic E-state index is -2.41. The van der Waals surface area contributed by atoms with Gasteiger partial charge in [0.05, 0.1) is 107 Å². The van der Waals surface area contributed by atoms with E-state index in [0.717, 1.165) is 11.9 Å². The van der Waals surface area contributed by atoms with Gasteiger partial charge in [-0.15, -0.1) is 0 Å². The average Bonchev–Trinajstić information content (AvgIpc) is 1.09. The summed E-state index contributed by atoms with van der Waals surface area (Å²) in [4.78, 5) is 73.5. The van der Waals surface area contributed by atoms with Gasteiger partial charge in [-0.3, -0.25) is 14.4 Å². The normalized spacial score (nSPS) is 49.1. The van der Waals surface area contributed by atoms with E-state index < -0.39 is 422 Å². The maximum atomic E-state index is 16.8. The van der Waals surface area contributed by atoms with Gasteiger partial charge in [-0.1, -0.05) is 93.7 Å². The largest absolute Gasteiger partial charge is 0.479 e. The first-order valence-electron chi connectivity index (χ1n) is 51.8. The SMILES string of the molecule is CC[C@@H](C)[C@@H](C[C@H](O)CC(=O)O[C@H]1[C@@H](O)[C@@H](C)O[C@@H](OC(=O)[C@]23CCC(C)(C)C[C@H]2C2=CC[C@@H]4[C@@]5(C)CC[C@H](O[C@@H]6O[C@H](C(=O)O)[C@@H](O)[C@H](O[C@@H]7OC[C@@H](O)[C@H](O)[C@H]7O)[C@H]6O[C@@H]6O[C@H](CO)[C@H](O)[C@H](O)[C@H]6O)[C@@](C)(C=O)[C@@H]5CC[C@@]4(C)[C@]2(C)C[C@H]3O)[C@@H]1O[C@@H]1O[C@@H](C)[C@H](O[C@@H]2OC[C@@H](O)[C@H](O[C@@H]3OC[C@](O)(CO)[C@H]3O)[C@H]2O)[C@@H](O[C@@H]2O[C@H](CO)[C@@H](O)[C@H](O)[C@H]2O)[C@H]1O)OC(=O)C[C@@H](O)C[C@H](O[C@@H]1O[C@@H](CO)[C@H](O)[C@H]1O)[C@@H](C)CC. The minimum absolute atomic E-state index is 0.00130. The van der Waals surface area contributed by atoms with E-state index in [-0.39, 0.29) is 63.2 Å². The second-order valence-electron chi connectivity index (χ2n) is 45.4. The molecule has 149 heavy (non-hydrogen) atoms. The molecule has 14 aliphatic rings.